The molecule has 2 aromatic heterocycles. The second-order valence-corrected chi connectivity index (χ2v) is 10.7. The number of benzene rings is 2. The van der Waals surface area contributed by atoms with Gasteiger partial charge in [-0.15, -0.1) is 11.3 Å². The molecule has 8 nitrogen and oxygen atoms in total. The van der Waals surface area contributed by atoms with Gasteiger partial charge in [-0.25, -0.2) is 10.2 Å². The highest BCUT2D eigenvalue weighted by Gasteiger charge is 2.26. The quantitative estimate of drug-likeness (QED) is 0.229. The van der Waals surface area contributed by atoms with Crippen LogP contribution in [0.4, 0.5) is 10.5 Å². The molecule has 2 aliphatic rings. The lowest BCUT2D eigenvalue weighted by molar-refractivity contribution is 0.148. The molecule has 3 heterocycles. The molecule has 0 spiro atoms. The first-order valence-electron chi connectivity index (χ1n) is 12.5. The number of anilines is 1. The number of hydrazone groups is 1. The first kappa shape index (κ1) is 23.6. The molecule has 2 aromatic carbocycles. The van der Waals surface area contributed by atoms with E-state index in [1.165, 1.54) is 22.3 Å². The lowest BCUT2D eigenvalue weighted by Gasteiger charge is -2.32. The number of carbonyl (C=O) groups is 1. The number of rotatable bonds is 6. The minimum absolute atomic E-state index is 0.379. The van der Waals surface area contributed by atoms with Gasteiger partial charge in [0.2, 0.25) is 0 Å². The van der Waals surface area contributed by atoms with E-state index in [0.29, 0.717) is 5.69 Å². The molecule has 1 fully saturated rings. The summed E-state index contributed by atoms with van der Waals surface area (Å²) in [4.78, 5) is 19.0. The second-order valence-electron chi connectivity index (χ2n) is 9.57. The molecule has 9 heteroatoms. The van der Waals surface area contributed by atoms with Crippen molar-refractivity contribution in [3.05, 3.63) is 82.2 Å². The van der Waals surface area contributed by atoms with Gasteiger partial charge >= 0.3 is 6.03 Å². The number of fused-ring (bicyclic) bond motifs is 3. The standard InChI is InChI=1S/C28H29N7OS/c1-34-11-13-35(14-12-34)18-19-7-9-23-20(15-19)16-24-26(23)31-32-27(24)25-10-8-22(37-25)17-29-33-28(36)30-21-5-3-2-4-6-21/h2-10,15,17H,11-14,16,18H2,1H3,(H,31,32)(H2,30,33,36)/b29-17+. The number of thiophene rings is 1. The number of urea groups is 1. The number of hydrogen-bond donors (Lipinski definition) is 3. The first-order valence-corrected chi connectivity index (χ1v) is 13.3. The van der Waals surface area contributed by atoms with Gasteiger partial charge in [0, 0.05) is 60.8 Å². The van der Waals surface area contributed by atoms with Crippen molar-refractivity contribution in [2.24, 2.45) is 5.10 Å². The third kappa shape index (κ3) is 5.20. The van der Waals surface area contributed by atoms with E-state index in [1.54, 1.807) is 17.6 Å². The second kappa shape index (κ2) is 10.3. The predicted molar refractivity (Wildman–Crippen MR) is 149 cm³/mol. The molecule has 0 radical (unpaired) electrons. The van der Waals surface area contributed by atoms with Crippen LogP contribution in [0.2, 0.25) is 0 Å². The van der Waals surface area contributed by atoms with Crippen LogP contribution >= 0.6 is 11.3 Å². The maximum Gasteiger partial charge on any atom is 0.339 e. The summed E-state index contributed by atoms with van der Waals surface area (Å²) in [5, 5.41) is 14.8. The number of H-pyrrole nitrogens is 1. The van der Waals surface area contributed by atoms with E-state index >= 15 is 0 Å². The number of amides is 2. The van der Waals surface area contributed by atoms with E-state index < -0.39 is 0 Å². The molecule has 0 bridgehead atoms. The van der Waals surface area contributed by atoms with E-state index in [1.807, 2.05) is 36.4 Å². The summed E-state index contributed by atoms with van der Waals surface area (Å²) in [5.74, 6) is 0. The lowest BCUT2D eigenvalue weighted by Crippen LogP contribution is -2.43. The number of hydrogen-bond acceptors (Lipinski definition) is 6. The third-order valence-electron chi connectivity index (χ3n) is 6.92. The molecule has 0 saturated carbocycles. The average molecular weight is 512 g/mol. The van der Waals surface area contributed by atoms with Crippen molar-refractivity contribution in [1.82, 2.24) is 25.4 Å². The van der Waals surface area contributed by atoms with E-state index in [4.69, 9.17) is 0 Å². The SMILES string of the molecule is CN1CCN(Cc2ccc3c(c2)Cc2c-3n[nH]c2-c2ccc(/C=N/NC(=O)Nc3ccccc3)s2)CC1. The largest absolute Gasteiger partial charge is 0.339 e. The van der Waals surface area contributed by atoms with Crippen molar-refractivity contribution in [3.63, 3.8) is 0 Å². The number of para-hydroxylation sites is 1. The highest BCUT2D eigenvalue weighted by molar-refractivity contribution is 7.17. The topological polar surface area (TPSA) is 88.7 Å². The highest BCUT2D eigenvalue weighted by atomic mass is 32.1. The Labute approximate surface area is 220 Å². The van der Waals surface area contributed by atoms with Crippen LogP contribution in [0.3, 0.4) is 0 Å². The first-order chi connectivity index (χ1) is 18.1. The van der Waals surface area contributed by atoms with Crippen LogP contribution in [0.5, 0.6) is 0 Å². The van der Waals surface area contributed by atoms with Crippen molar-refractivity contribution in [2.75, 3.05) is 38.5 Å². The Balaban J connectivity index is 1.10. The monoisotopic (exact) mass is 511 g/mol. The van der Waals surface area contributed by atoms with Crippen molar-refractivity contribution in [3.8, 4) is 21.8 Å². The summed E-state index contributed by atoms with van der Waals surface area (Å²) < 4.78 is 0. The Morgan fingerprint density at radius 1 is 1.11 bits per heavy atom. The molecule has 6 rings (SSSR count). The van der Waals surface area contributed by atoms with Crippen molar-refractivity contribution in [2.45, 2.75) is 13.0 Å². The van der Waals surface area contributed by atoms with Gasteiger partial charge < -0.3 is 10.2 Å². The molecular weight excluding hydrogens is 482 g/mol. The molecule has 2 amide bonds. The number of nitrogens with zero attached hydrogens (tertiary/aromatic N) is 4. The van der Waals surface area contributed by atoms with Gasteiger partial charge in [0.15, 0.2) is 0 Å². The molecule has 3 N–H and O–H groups in total. The molecule has 188 valence electrons. The fraction of sp³-hybridized carbons (Fsp3) is 0.250. The number of piperazine rings is 1. The van der Waals surface area contributed by atoms with E-state index in [9.17, 15) is 4.79 Å². The van der Waals surface area contributed by atoms with Gasteiger partial charge in [-0.2, -0.15) is 10.2 Å². The third-order valence-corrected chi connectivity index (χ3v) is 7.96. The van der Waals surface area contributed by atoms with Crippen LogP contribution in [0, 0.1) is 0 Å². The van der Waals surface area contributed by atoms with Crippen molar-refractivity contribution < 1.29 is 4.79 Å². The molecule has 1 aliphatic carbocycles. The zero-order valence-electron chi connectivity index (χ0n) is 20.7. The fourth-order valence-corrected chi connectivity index (χ4v) is 5.84. The summed E-state index contributed by atoms with van der Waals surface area (Å²) in [5.41, 5.74) is 10.5. The van der Waals surface area contributed by atoms with Gasteiger partial charge in [0.05, 0.1) is 22.5 Å². The zero-order chi connectivity index (χ0) is 25.2. The Bertz CT molecular complexity index is 1430. The maximum absolute atomic E-state index is 12.0. The molecule has 37 heavy (non-hydrogen) atoms. The summed E-state index contributed by atoms with van der Waals surface area (Å²) in [6.45, 7) is 5.51. The number of aromatic amines is 1. The maximum atomic E-state index is 12.0. The van der Waals surface area contributed by atoms with Crippen LogP contribution in [0.1, 0.15) is 21.6 Å². The van der Waals surface area contributed by atoms with E-state index in [2.05, 4.69) is 67.2 Å². The number of aromatic nitrogens is 2. The molecular formula is C28H29N7OS. The van der Waals surface area contributed by atoms with Crippen LogP contribution in [-0.4, -0.2) is 65.5 Å². The summed E-state index contributed by atoms with van der Waals surface area (Å²) in [6, 6.07) is 19.8. The van der Waals surface area contributed by atoms with Gasteiger partial charge in [-0.05, 0) is 42.4 Å². The van der Waals surface area contributed by atoms with Gasteiger partial charge in [-0.1, -0.05) is 36.4 Å². The van der Waals surface area contributed by atoms with Gasteiger partial charge in [0.25, 0.3) is 0 Å². The zero-order valence-corrected chi connectivity index (χ0v) is 21.5. The number of likely N-dealkylation sites (N-methyl/N-ethyl adjacent to an activating group) is 1. The molecule has 1 saturated heterocycles. The Morgan fingerprint density at radius 2 is 1.95 bits per heavy atom. The average Bonchev–Trinajstić information content (AvgIpc) is 3.61. The van der Waals surface area contributed by atoms with Crippen LogP contribution < -0.4 is 10.7 Å². The summed E-state index contributed by atoms with van der Waals surface area (Å²) >= 11 is 1.61. The molecule has 1 aliphatic heterocycles. The Hall–Kier alpha value is -3.79. The van der Waals surface area contributed by atoms with Gasteiger partial charge in [-0.3, -0.25) is 10.00 Å². The molecule has 0 atom stereocenters. The number of carbonyl (C=O) groups excluding carboxylic acids is 1. The highest BCUT2D eigenvalue weighted by Crippen LogP contribution is 2.41. The van der Waals surface area contributed by atoms with Crippen molar-refractivity contribution >= 4 is 29.3 Å². The van der Waals surface area contributed by atoms with Crippen LogP contribution in [-0.2, 0) is 13.0 Å². The van der Waals surface area contributed by atoms with Crippen LogP contribution in [0.15, 0.2) is 65.8 Å². The normalized spacial score (nSPS) is 15.6. The number of nitrogens with one attached hydrogen (secondary N) is 3. The molecule has 0 unspecified atom stereocenters. The smallest absolute Gasteiger partial charge is 0.307 e. The van der Waals surface area contributed by atoms with E-state index in [0.717, 1.165) is 60.3 Å². The predicted octanol–water partition coefficient (Wildman–Crippen LogP) is 4.61. The van der Waals surface area contributed by atoms with E-state index in [-0.39, 0.29) is 6.03 Å². The van der Waals surface area contributed by atoms with Gasteiger partial charge in [0.1, 0.15) is 0 Å². The Kier molecular flexibility index (Phi) is 6.57. The molecule has 4 aromatic rings. The summed E-state index contributed by atoms with van der Waals surface area (Å²) in [6.07, 6.45) is 2.55. The summed E-state index contributed by atoms with van der Waals surface area (Å²) in [7, 11) is 2.19. The van der Waals surface area contributed by atoms with Crippen LogP contribution in [0.25, 0.3) is 21.8 Å². The Morgan fingerprint density at radius 3 is 2.78 bits per heavy atom. The minimum Gasteiger partial charge on any atom is -0.307 e. The fourth-order valence-electron chi connectivity index (χ4n) is 4.93. The minimum atomic E-state index is -0.379. The van der Waals surface area contributed by atoms with Crippen molar-refractivity contribution in [1.29, 1.82) is 0 Å². The lowest BCUT2D eigenvalue weighted by atomic mass is 10.0.